The normalized spacial score (nSPS) is 10.8. The number of para-hydroxylation sites is 1. The maximum absolute atomic E-state index is 11.4. The molecule has 5 nitrogen and oxygen atoms in total. The van der Waals surface area contributed by atoms with Crippen molar-refractivity contribution in [3.63, 3.8) is 0 Å². The van der Waals surface area contributed by atoms with Gasteiger partial charge < -0.3 is 0 Å². The fraction of sp³-hybridized carbons (Fsp3) is 0. The van der Waals surface area contributed by atoms with Crippen LogP contribution in [0.2, 0.25) is 0 Å². The second kappa shape index (κ2) is 3.30. The molecule has 0 amide bonds. The van der Waals surface area contributed by atoms with Gasteiger partial charge in [-0.05, 0) is 12.1 Å². The Hall–Kier alpha value is -2.43. The molecule has 0 radical (unpaired) electrons. The highest BCUT2D eigenvalue weighted by Gasteiger charge is 2.14. The summed E-state index contributed by atoms with van der Waals surface area (Å²) in [6.07, 6.45) is 2.89. The summed E-state index contributed by atoms with van der Waals surface area (Å²) in [4.78, 5) is 19.2. The van der Waals surface area contributed by atoms with Crippen molar-refractivity contribution in [1.82, 2.24) is 19.7 Å². The number of aromatic amines is 1. The Morgan fingerprint density at radius 1 is 1.12 bits per heavy atom. The Labute approximate surface area is 90.7 Å². The Kier molecular flexibility index (Phi) is 1.83. The largest absolute Gasteiger partial charge is 0.299 e. The first kappa shape index (κ1) is 8.84. The van der Waals surface area contributed by atoms with E-state index >= 15 is 0 Å². The summed E-state index contributed by atoms with van der Waals surface area (Å²) in [7, 11) is 0. The zero-order chi connectivity index (χ0) is 11.0. The number of H-pyrrole nitrogens is 1. The molecule has 0 unspecified atom stereocenters. The van der Waals surface area contributed by atoms with Gasteiger partial charge in [0.05, 0.1) is 5.69 Å². The van der Waals surface area contributed by atoms with E-state index < -0.39 is 0 Å². The van der Waals surface area contributed by atoms with Crippen molar-refractivity contribution in [3.8, 4) is 17.1 Å². The van der Waals surface area contributed by atoms with Crippen LogP contribution in [0.25, 0.3) is 17.1 Å². The van der Waals surface area contributed by atoms with Crippen molar-refractivity contribution in [1.29, 1.82) is 0 Å². The number of nitrogens with one attached hydrogen (secondary N) is 1. The number of hydrogen-bond acceptors (Lipinski definition) is 3. The van der Waals surface area contributed by atoms with E-state index in [-0.39, 0.29) is 5.56 Å². The van der Waals surface area contributed by atoms with E-state index in [9.17, 15) is 4.79 Å². The number of hydrogen-bond donors (Lipinski definition) is 1. The topological polar surface area (TPSA) is 63.6 Å². The lowest BCUT2D eigenvalue weighted by Gasteiger charge is -2.04. The van der Waals surface area contributed by atoms with Gasteiger partial charge in [-0.25, -0.2) is 9.67 Å². The van der Waals surface area contributed by atoms with E-state index in [1.165, 1.54) is 6.33 Å². The van der Waals surface area contributed by atoms with Crippen molar-refractivity contribution < 1.29 is 0 Å². The molecular formula is C11H8N4O. The smallest absolute Gasteiger partial charge is 0.283 e. The average Bonchev–Trinajstić information content (AvgIpc) is 2.75. The number of benzene rings is 1. The molecule has 1 N–H and O–H groups in total. The molecule has 1 aromatic carbocycles. The lowest BCUT2D eigenvalue weighted by molar-refractivity contribution is 0.865. The first-order valence-corrected chi connectivity index (χ1v) is 4.83. The van der Waals surface area contributed by atoms with Crippen molar-refractivity contribution >= 4 is 0 Å². The number of fused-ring (bicyclic) bond motifs is 1. The SMILES string of the molecule is O=c1ncnc2n(-c3ccccc3)[nH]cc1-2. The van der Waals surface area contributed by atoms with Crippen LogP contribution in [0.1, 0.15) is 0 Å². The highest BCUT2D eigenvalue weighted by Crippen LogP contribution is 2.17. The van der Waals surface area contributed by atoms with Gasteiger partial charge in [-0.1, -0.05) is 18.2 Å². The maximum Gasteiger partial charge on any atom is 0.283 e. The Bertz CT molecular complexity index is 641. The van der Waals surface area contributed by atoms with Gasteiger partial charge >= 0.3 is 0 Å². The molecule has 0 atom stereocenters. The standard InChI is InChI=1S/C11H8N4O/c16-11-9-6-14-15(10(9)12-7-13-11)8-4-2-1-3-5-8/h1-7,14H. The van der Waals surface area contributed by atoms with E-state index in [0.717, 1.165) is 5.69 Å². The third-order valence-electron chi connectivity index (χ3n) is 2.39. The lowest BCUT2D eigenvalue weighted by atomic mass is 10.3. The summed E-state index contributed by atoms with van der Waals surface area (Å²) in [5.74, 6) is 0.589. The summed E-state index contributed by atoms with van der Waals surface area (Å²) >= 11 is 0. The van der Waals surface area contributed by atoms with Crippen LogP contribution in [0.5, 0.6) is 0 Å². The van der Waals surface area contributed by atoms with Gasteiger partial charge in [-0.2, -0.15) is 4.98 Å². The van der Waals surface area contributed by atoms with Gasteiger partial charge in [-0.15, -0.1) is 0 Å². The van der Waals surface area contributed by atoms with E-state index in [1.807, 2.05) is 30.3 Å². The average molecular weight is 212 g/mol. The predicted octanol–water partition coefficient (Wildman–Crippen LogP) is 1.06. The minimum atomic E-state index is -0.268. The molecule has 2 aliphatic heterocycles. The van der Waals surface area contributed by atoms with E-state index in [1.54, 1.807) is 10.9 Å². The van der Waals surface area contributed by atoms with Crippen LogP contribution >= 0.6 is 0 Å². The molecular weight excluding hydrogens is 204 g/mol. The molecule has 0 spiro atoms. The van der Waals surface area contributed by atoms with E-state index in [2.05, 4.69) is 15.1 Å². The van der Waals surface area contributed by atoms with Crippen LogP contribution in [0, 0.1) is 0 Å². The van der Waals surface area contributed by atoms with Gasteiger partial charge in [0.15, 0.2) is 5.82 Å². The fourth-order valence-corrected chi connectivity index (χ4v) is 1.64. The summed E-state index contributed by atoms with van der Waals surface area (Å²) in [6.45, 7) is 0. The molecule has 0 fully saturated rings. The lowest BCUT2D eigenvalue weighted by Crippen LogP contribution is -2.11. The highest BCUT2D eigenvalue weighted by atomic mass is 16.1. The van der Waals surface area contributed by atoms with Gasteiger partial charge in [0.2, 0.25) is 0 Å². The molecule has 0 aliphatic carbocycles. The van der Waals surface area contributed by atoms with Crippen LogP contribution in [-0.4, -0.2) is 19.7 Å². The van der Waals surface area contributed by atoms with Crippen LogP contribution in [0.3, 0.4) is 0 Å². The zero-order valence-electron chi connectivity index (χ0n) is 8.29. The number of rotatable bonds is 1. The molecule has 3 rings (SSSR count). The van der Waals surface area contributed by atoms with Crippen LogP contribution in [0.15, 0.2) is 47.7 Å². The van der Waals surface area contributed by atoms with Crippen molar-refractivity contribution in [2.24, 2.45) is 0 Å². The molecule has 2 aliphatic rings. The number of nitrogens with zero attached hydrogens (tertiary/aromatic N) is 3. The van der Waals surface area contributed by atoms with Gasteiger partial charge in [0.25, 0.3) is 5.56 Å². The molecule has 0 bridgehead atoms. The molecule has 2 heterocycles. The number of aromatic nitrogens is 4. The Balaban J connectivity index is 2.26. The van der Waals surface area contributed by atoms with Crippen molar-refractivity contribution in [2.75, 3.05) is 0 Å². The fourth-order valence-electron chi connectivity index (χ4n) is 1.64. The van der Waals surface area contributed by atoms with E-state index in [4.69, 9.17) is 0 Å². The first-order valence-electron chi connectivity index (χ1n) is 4.83. The molecule has 1 aromatic rings. The van der Waals surface area contributed by atoms with Crippen LogP contribution < -0.4 is 5.56 Å². The summed E-state index contributed by atoms with van der Waals surface area (Å²) in [5, 5.41) is 2.98. The van der Waals surface area contributed by atoms with Crippen molar-refractivity contribution in [2.45, 2.75) is 0 Å². The molecule has 5 heteroatoms. The summed E-state index contributed by atoms with van der Waals surface area (Å²) < 4.78 is 1.75. The highest BCUT2D eigenvalue weighted by molar-refractivity contribution is 5.56. The minimum absolute atomic E-state index is 0.268. The molecule has 0 aromatic heterocycles. The third kappa shape index (κ3) is 1.22. The predicted molar refractivity (Wildman–Crippen MR) is 58.6 cm³/mol. The Morgan fingerprint density at radius 2 is 1.94 bits per heavy atom. The second-order valence-electron chi connectivity index (χ2n) is 3.36. The zero-order valence-corrected chi connectivity index (χ0v) is 8.29. The molecule has 0 saturated heterocycles. The van der Waals surface area contributed by atoms with Gasteiger partial charge in [-0.3, -0.25) is 9.89 Å². The monoisotopic (exact) mass is 212 g/mol. The second-order valence-corrected chi connectivity index (χ2v) is 3.36. The van der Waals surface area contributed by atoms with Crippen LogP contribution in [0.4, 0.5) is 0 Å². The van der Waals surface area contributed by atoms with Gasteiger partial charge in [0.1, 0.15) is 11.9 Å². The van der Waals surface area contributed by atoms with Crippen molar-refractivity contribution in [3.05, 3.63) is 53.2 Å². The van der Waals surface area contributed by atoms with E-state index in [0.29, 0.717) is 11.4 Å². The maximum atomic E-state index is 11.4. The van der Waals surface area contributed by atoms with Gasteiger partial charge in [0, 0.05) is 6.20 Å². The minimum Gasteiger partial charge on any atom is -0.299 e. The van der Waals surface area contributed by atoms with Crippen LogP contribution in [-0.2, 0) is 0 Å². The molecule has 16 heavy (non-hydrogen) atoms. The first-order chi connectivity index (χ1) is 7.86. The molecule has 78 valence electrons. The molecule has 0 saturated carbocycles. The summed E-state index contributed by atoms with van der Waals surface area (Å²) in [5.41, 5.74) is 1.15. The quantitative estimate of drug-likeness (QED) is 0.656. The summed E-state index contributed by atoms with van der Waals surface area (Å²) in [6, 6.07) is 9.65. The third-order valence-corrected chi connectivity index (χ3v) is 2.39. The Morgan fingerprint density at radius 3 is 2.75 bits per heavy atom.